The first kappa shape index (κ1) is 19.4. The zero-order valence-electron chi connectivity index (χ0n) is 16.9. The van der Waals surface area contributed by atoms with Gasteiger partial charge >= 0.3 is 0 Å². The number of likely N-dealkylation sites (tertiary alicyclic amines) is 1. The van der Waals surface area contributed by atoms with Crippen molar-refractivity contribution in [1.29, 1.82) is 0 Å². The van der Waals surface area contributed by atoms with Gasteiger partial charge in [0.15, 0.2) is 11.5 Å². The molecular weight excluding hydrogens is 398 g/mol. The Balaban J connectivity index is 1.62. The molecule has 154 valence electrons. The van der Waals surface area contributed by atoms with Gasteiger partial charge in [0.05, 0.1) is 21.7 Å². The smallest absolute Gasteiger partial charge is 0.183 e. The van der Waals surface area contributed by atoms with Gasteiger partial charge in [0.1, 0.15) is 0 Å². The summed E-state index contributed by atoms with van der Waals surface area (Å²) in [5.74, 6) is 1.10. The molecule has 4 aromatic rings. The molecule has 30 heavy (non-hydrogen) atoms. The molecule has 1 unspecified atom stereocenters. The first-order valence-electron chi connectivity index (χ1n) is 10.4. The summed E-state index contributed by atoms with van der Waals surface area (Å²) >= 11 is 6.47. The number of aliphatic hydroxyl groups excluding tert-OH is 1. The lowest BCUT2D eigenvalue weighted by molar-refractivity contribution is 0.116. The van der Waals surface area contributed by atoms with E-state index in [0.717, 1.165) is 66.2 Å². The second-order valence-electron chi connectivity index (χ2n) is 8.11. The molecule has 5 rings (SSSR count). The van der Waals surface area contributed by atoms with E-state index in [9.17, 15) is 5.11 Å². The Hall–Kier alpha value is -2.54. The lowest BCUT2D eigenvalue weighted by atomic mass is 9.98. The summed E-state index contributed by atoms with van der Waals surface area (Å²) in [6.07, 6.45) is 2.24. The van der Waals surface area contributed by atoms with Crippen molar-refractivity contribution >= 4 is 28.3 Å². The van der Waals surface area contributed by atoms with Crippen LogP contribution in [0.3, 0.4) is 0 Å². The molecule has 1 N–H and O–H groups in total. The number of rotatable bonds is 4. The zero-order chi connectivity index (χ0) is 20.7. The van der Waals surface area contributed by atoms with Gasteiger partial charge in [-0.3, -0.25) is 9.30 Å². The Bertz CT molecular complexity index is 1220. The van der Waals surface area contributed by atoms with Crippen molar-refractivity contribution in [2.24, 2.45) is 5.92 Å². The second-order valence-corrected chi connectivity index (χ2v) is 8.52. The highest BCUT2D eigenvalue weighted by Crippen LogP contribution is 2.30. The van der Waals surface area contributed by atoms with Gasteiger partial charge in [-0.25, -0.2) is 4.98 Å². The molecule has 1 atom stereocenters. The third-order valence-corrected chi connectivity index (χ3v) is 6.27. The van der Waals surface area contributed by atoms with Crippen LogP contribution < -0.4 is 0 Å². The van der Waals surface area contributed by atoms with Crippen molar-refractivity contribution in [2.75, 3.05) is 19.7 Å². The first-order valence-corrected chi connectivity index (χ1v) is 10.7. The summed E-state index contributed by atoms with van der Waals surface area (Å²) in [5, 5.41) is 19.0. The molecule has 0 aliphatic carbocycles. The molecule has 0 spiro atoms. The quantitative estimate of drug-likeness (QED) is 0.537. The van der Waals surface area contributed by atoms with Crippen LogP contribution >= 0.6 is 11.6 Å². The largest absolute Gasteiger partial charge is 0.396 e. The van der Waals surface area contributed by atoms with Crippen LogP contribution in [0.5, 0.6) is 0 Å². The van der Waals surface area contributed by atoms with Crippen molar-refractivity contribution in [1.82, 2.24) is 24.5 Å². The van der Waals surface area contributed by atoms with E-state index in [1.807, 2.05) is 31.2 Å². The maximum Gasteiger partial charge on any atom is 0.183 e. The van der Waals surface area contributed by atoms with Gasteiger partial charge < -0.3 is 5.11 Å². The fraction of sp³-hybridized carbons (Fsp3) is 0.348. The number of nitrogens with zero attached hydrogens (tertiary/aromatic N) is 5. The van der Waals surface area contributed by atoms with Crippen LogP contribution in [0, 0.1) is 12.8 Å². The average molecular weight is 422 g/mol. The molecule has 0 saturated carbocycles. The number of aryl methyl sites for hydroxylation is 1. The first-order chi connectivity index (χ1) is 14.6. The van der Waals surface area contributed by atoms with Crippen molar-refractivity contribution in [3.05, 3.63) is 58.7 Å². The molecule has 2 aromatic carbocycles. The molecule has 6 nitrogen and oxygen atoms in total. The van der Waals surface area contributed by atoms with Crippen LogP contribution in [0.1, 0.15) is 24.1 Å². The summed E-state index contributed by atoms with van der Waals surface area (Å²) in [4.78, 5) is 7.17. The standard InChI is InChI=1S/C23H24ClN5O/c1-15-22-26-27-23(18-6-2-3-7-19(18)24)29(22)21-11-16(8-9-20(21)25-15)12-28-10-4-5-17(13-28)14-30/h2-3,6-9,11,17,30H,4-5,10,12-14H2,1H3. The Kier molecular flexibility index (Phi) is 5.15. The summed E-state index contributed by atoms with van der Waals surface area (Å²) in [6, 6.07) is 14.1. The highest BCUT2D eigenvalue weighted by atomic mass is 35.5. The van der Waals surface area contributed by atoms with Crippen LogP contribution in [0.4, 0.5) is 0 Å². The molecule has 1 aliphatic heterocycles. The van der Waals surface area contributed by atoms with E-state index in [2.05, 4.69) is 37.7 Å². The predicted octanol–water partition coefficient (Wildman–Crippen LogP) is 4.11. The summed E-state index contributed by atoms with van der Waals surface area (Å²) < 4.78 is 2.06. The highest BCUT2D eigenvalue weighted by molar-refractivity contribution is 6.33. The van der Waals surface area contributed by atoms with Crippen LogP contribution in [-0.4, -0.2) is 49.3 Å². The van der Waals surface area contributed by atoms with Crippen LogP contribution in [-0.2, 0) is 6.54 Å². The fourth-order valence-electron chi connectivity index (χ4n) is 4.44. The normalized spacial score (nSPS) is 17.8. The summed E-state index contributed by atoms with van der Waals surface area (Å²) in [7, 11) is 0. The molecule has 2 aromatic heterocycles. The van der Waals surface area contributed by atoms with Crippen molar-refractivity contribution in [3.63, 3.8) is 0 Å². The number of benzene rings is 2. The lowest BCUT2D eigenvalue weighted by Crippen LogP contribution is -2.36. The van der Waals surface area contributed by atoms with Crippen molar-refractivity contribution in [2.45, 2.75) is 26.3 Å². The van der Waals surface area contributed by atoms with Gasteiger partial charge in [-0.1, -0.05) is 29.8 Å². The van der Waals surface area contributed by atoms with Gasteiger partial charge in [0, 0.05) is 25.3 Å². The number of aliphatic hydroxyl groups is 1. The van der Waals surface area contributed by atoms with Gasteiger partial charge in [0.25, 0.3) is 0 Å². The van der Waals surface area contributed by atoms with E-state index in [0.29, 0.717) is 10.9 Å². The van der Waals surface area contributed by atoms with Crippen molar-refractivity contribution < 1.29 is 5.11 Å². The van der Waals surface area contributed by atoms with E-state index < -0.39 is 0 Å². The van der Waals surface area contributed by atoms with E-state index in [-0.39, 0.29) is 6.61 Å². The minimum atomic E-state index is 0.264. The molecule has 1 aliphatic rings. The van der Waals surface area contributed by atoms with Gasteiger partial charge in [-0.15, -0.1) is 10.2 Å². The number of fused-ring (bicyclic) bond motifs is 3. The topological polar surface area (TPSA) is 66.5 Å². The van der Waals surface area contributed by atoms with Crippen LogP contribution in [0.2, 0.25) is 5.02 Å². The SMILES string of the molecule is Cc1nc2ccc(CN3CCCC(CO)C3)cc2n2c(-c3ccccc3Cl)nnc12. The van der Waals surface area contributed by atoms with Gasteiger partial charge in [0.2, 0.25) is 0 Å². The number of hydrogen-bond donors (Lipinski definition) is 1. The Labute approximate surface area is 180 Å². The number of piperidine rings is 1. The number of aromatic nitrogens is 4. The highest BCUT2D eigenvalue weighted by Gasteiger charge is 2.20. The monoisotopic (exact) mass is 421 g/mol. The Morgan fingerprint density at radius 3 is 2.87 bits per heavy atom. The maximum atomic E-state index is 9.54. The third-order valence-electron chi connectivity index (χ3n) is 5.94. The third kappa shape index (κ3) is 3.45. The van der Waals surface area contributed by atoms with Crippen LogP contribution in [0.15, 0.2) is 42.5 Å². The fourth-order valence-corrected chi connectivity index (χ4v) is 4.66. The zero-order valence-corrected chi connectivity index (χ0v) is 17.7. The molecule has 7 heteroatoms. The molecule has 1 saturated heterocycles. The molecule has 0 bridgehead atoms. The summed E-state index contributed by atoms with van der Waals surface area (Å²) in [5.41, 5.74) is 5.53. The van der Waals surface area contributed by atoms with Crippen molar-refractivity contribution in [3.8, 4) is 11.4 Å². The average Bonchev–Trinajstić information content (AvgIpc) is 3.21. The Morgan fingerprint density at radius 2 is 2.03 bits per heavy atom. The number of hydrogen-bond acceptors (Lipinski definition) is 5. The molecule has 3 heterocycles. The van der Waals surface area contributed by atoms with E-state index in [1.54, 1.807) is 0 Å². The Morgan fingerprint density at radius 1 is 1.17 bits per heavy atom. The van der Waals surface area contributed by atoms with E-state index >= 15 is 0 Å². The lowest BCUT2D eigenvalue weighted by Gasteiger charge is -2.31. The molecule has 1 fully saturated rings. The maximum absolute atomic E-state index is 9.54. The minimum absolute atomic E-state index is 0.264. The second kappa shape index (κ2) is 7.95. The minimum Gasteiger partial charge on any atom is -0.396 e. The van der Waals surface area contributed by atoms with Gasteiger partial charge in [-0.05, 0) is 62.1 Å². The summed E-state index contributed by atoms with van der Waals surface area (Å²) in [6.45, 7) is 5.07. The molecule has 0 radical (unpaired) electrons. The van der Waals surface area contributed by atoms with E-state index in [1.165, 1.54) is 5.56 Å². The molecule has 0 amide bonds. The molecular formula is C23H24ClN5O. The van der Waals surface area contributed by atoms with Crippen LogP contribution in [0.25, 0.3) is 28.1 Å². The van der Waals surface area contributed by atoms with E-state index in [4.69, 9.17) is 16.6 Å². The number of halogens is 1. The van der Waals surface area contributed by atoms with Gasteiger partial charge in [-0.2, -0.15) is 0 Å². The predicted molar refractivity (Wildman–Crippen MR) is 119 cm³/mol.